The number of hydrogen-bond acceptors (Lipinski definition) is 3. The highest BCUT2D eigenvalue weighted by Gasteiger charge is 2.61. The molecule has 3 atom stereocenters. The minimum Gasteiger partial charge on any atom is -0.347 e. The number of aryl methyl sites for hydroxylation is 1. The number of aromatic nitrogens is 2. The van der Waals surface area contributed by atoms with Crippen LogP contribution in [-0.2, 0) is 0 Å². The Labute approximate surface area is 120 Å². The zero-order chi connectivity index (χ0) is 14.5. The van der Waals surface area contributed by atoms with Crippen molar-refractivity contribution in [1.82, 2.24) is 15.3 Å². The third-order valence-corrected chi connectivity index (χ3v) is 6.11. The van der Waals surface area contributed by atoms with Gasteiger partial charge in [0.2, 0.25) is 0 Å². The SMILES string of the molecule is Cc1nccc(C(=O)NC2CC3CCC2(C)C3(C)C)n1. The molecule has 1 heterocycles. The largest absolute Gasteiger partial charge is 0.347 e. The number of hydrogen-bond donors (Lipinski definition) is 1. The van der Waals surface area contributed by atoms with Crippen LogP contribution < -0.4 is 5.32 Å². The van der Waals surface area contributed by atoms with Crippen molar-refractivity contribution in [2.75, 3.05) is 0 Å². The topological polar surface area (TPSA) is 54.9 Å². The first-order valence-corrected chi connectivity index (χ1v) is 7.45. The van der Waals surface area contributed by atoms with Crippen molar-refractivity contribution < 1.29 is 4.79 Å². The Hall–Kier alpha value is -1.45. The Balaban J connectivity index is 1.78. The lowest BCUT2D eigenvalue weighted by atomic mass is 9.69. The zero-order valence-corrected chi connectivity index (χ0v) is 12.7. The minimum atomic E-state index is -0.0647. The Bertz CT molecular complexity index is 554. The number of rotatable bonds is 2. The lowest BCUT2D eigenvalue weighted by Gasteiger charge is -2.39. The summed E-state index contributed by atoms with van der Waals surface area (Å²) in [7, 11) is 0. The van der Waals surface area contributed by atoms with Crippen LogP contribution in [0.15, 0.2) is 12.3 Å². The van der Waals surface area contributed by atoms with Crippen LogP contribution in [0.5, 0.6) is 0 Å². The number of nitrogens with one attached hydrogen (secondary N) is 1. The molecule has 2 aliphatic carbocycles. The second-order valence-corrected chi connectivity index (χ2v) is 7.13. The highest BCUT2D eigenvalue weighted by Crippen LogP contribution is 2.65. The molecule has 108 valence electrons. The molecule has 2 saturated carbocycles. The molecule has 1 N–H and O–H groups in total. The Morgan fingerprint density at radius 2 is 2.15 bits per heavy atom. The molecule has 0 spiro atoms. The van der Waals surface area contributed by atoms with Crippen molar-refractivity contribution in [3.05, 3.63) is 23.8 Å². The molecule has 20 heavy (non-hydrogen) atoms. The first-order chi connectivity index (χ1) is 9.34. The standard InChI is InChI=1S/C16H23N3O/c1-10-17-8-6-12(18-10)14(20)19-13-9-11-5-7-16(13,4)15(11,2)3/h6,8,11,13H,5,7,9H2,1-4H3,(H,19,20). The molecule has 1 aromatic heterocycles. The number of carbonyl (C=O) groups is 1. The summed E-state index contributed by atoms with van der Waals surface area (Å²) in [5.74, 6) is 1.30. The molecule has 1 aromatic rings. The van der Waals surface area contributed by atoms with E-state index in [-0.39, 0.29) is 17.4 Å². The van der Waals surface area contributed by atoms with Gasteiger partial charge in [-0.1, -0.05) is 20.8 Å². The van der Waals surface area contributed by atoms with Gasteiger partial charge in [0.05, 0.1) is 0 Å². The summed E-state index contributed by atoms with van der Waals surface area (Å²) in [5.41, 5.74) is 0.990. The summed E-state index contributed by atoms with van der Waals surface area (Å²) in [6.45, 7) is 8.84. The molecular weight excluding hydrogens is 250 g/mol. The maximum atomic E-state index is 12.4. The lowest BCUT2D eigenvalue weighted by molar-refractivity contribution is 0.0821. The number of fused-ring (bicyclic) bond motifs is 2. The molecule has 0 saturated heterocycles. The summed E-state index contributed by atoms with van der Waals surface area (Å²) in [4.78, 5) is 20.6. The van der Waals surface area contributed by atoms with E-state index in [1.165, 1.54) is 12.8 Å². The van der Waals surface area contributed by atoms with Crippen LogP contribution in [0.3, 0.4) is 0 Å². The smallest absolute Gasteiger partial charge is 0.270 e. The molecule has 3 unspecified atom stereocenters. The van der Waals surface area contributed by atoms with Gasteiger partial charge in [-0.3, -0.25) is 4.79 Å². The van der Waals surface area contributed by atoms with E-state index < -0.39 is 0 Å². The highest BCUT2D eigenvalue weighted by molar-refractivity contribution is 5.92. The fourth-order valence-electron chi connectivity index (χ4n) is 4.24. The molecule has 0 radical (unpaired) electrons. The van der Waals surface area contributed by atoms with E-state index in [9.17, 15) is 4.79 Å². The van der Waals surface area contributed by atoms with Gasteiger partial charge in [0, 0.05) is 12.2 Å². The summed E-state index contributed by atoms with van der Waals surface area (Å²) < 4.78 is 0. The third-order valence-electron chi connectivity index (χ3n) is 6.11. The van der Waals surface area contributed by atoms with Gasteiger partial charge >= 0.3 is 0 Å². The van der Waals surface area contributed by atoms with Crippen LogP contribution in [-0.4, -0.2) is 21.9 Å². The molecule has 0 aliphatic heterocycles. The molecule has 2 fully saturated rings. The fraction of sp³-hybridized carbons (Fsp3) is 0.688. The maximum Gasteiger partial charge on any atom is 0.270 e. The van der Waals surface area contributed by atoms with Crippen LogP contribution in [0.4, 0.5) is 0 Å². The summed E-state index contributed by atoms with van der Waals surface area (Å²) >= 11 is 0. The molecule has 4 nitrogen and oxygen atoms in total. The number of carbonyl (C=O) groups excluding carboxylic acids is 1. The number of amides is 1. The van der Waals surface area contributed by atoms with Gasteiger partial charge in [-0.15, -0.1) is 0 Å². The van der Waals surface area contributed by atoms with Gasteiger partial charge in [-0.05, 0) is 49.0 Å². The van der Waals surface area contributed by atoms with E-state index in [4.69, 9.17) is 0 Å². The van der Waals surface area contributed by atoms with E-state index in [1.807, 2.05) is 0 Å². The first-order valence-electron chi connectivity index (χ1n) is 7.45. The fourth-order valence-corrected chi connectivity index (χ4v) is 4.24. The van der Waals surface area contributed by atoms with Crippen molar-refractivity contribution in [3.8, 4) is 0 Å². The lowest BCUT2D eigenvalue weighted by Crippen LogP contribution is -2.47. The summed E-state index contributed by atoms with van der Waals surface area (Å²) in [6.07, 6.45) is 5.24. The summed E-state index contributed by atoms with van der Waals surface area (Å²) in [6, 6.07) is 1.95. The molecule has 0 aromatic carbocycles. The quantitative estimate of drug-likeness (QED) is 0.901. The predicted octanol–water partition coefficient (Wildman–Crippen LogP) is 2.73. The second kappa shape index (κ2) is 4.27. The van der Waals surface area contributed by atoms with Crippen molar-refractivity contribution in [1.29, 1.82) is 0 Å². The normalized spacial score (nSPS) is 34.2. The molecule has 4 heteroatoms. The zero-order valence-electron chi connectivity index (χ0n) is 12.7. The molecule has 3 rings (SSSR count). The van der Waals surface area contributed by atoms with Crippen LogP contribution >= 0.6 is 0 Å². The van der Waals surface area contributed by atoms with Crippen LogP contribution in [0.2, 0.25) is 0 Å². The van der Waals surface area contributed by atoms with Crippen molar-refractivity contribution >= 4 is 5.91 Å². The van der Waals surface area contributed by atoms with E-state index >= 15 is 0 Å². The molecular formula is C16H23N3O. The van der Waals surface area contributed by atoms with Crippen molar-refractivity contribution in [2.24, 2.45) is 16.7 Å². The Morgan fingerprint density at radius 1 is 1.40 bits per heavy atom. The van der Waals surface area contributed by atoms with E-state index in [0.717, 1.165) is 12.3 Å². The van der Waals surface area contributed by atoms with Gasteiger partial charge < -0.3 is 5.32 Å². The highest BCUT2D eigenvalue weighted by atomic mass is 16.2. The van der Waals surface area contributed by atoms with Crippen LogP contribution in [0.1, 0.15) is 56.3 Å². The van der Waals surface area contributed by atoms with E-state index in [0.29, 0.717) is 16.9 Å². The van der Waals surface area contributed by atoms with Crippen LogP contribution in [0, 0.1) is 23.7 Å². The molecule has 2 aliphatic rings. The molecule has 1 amide bonds. The van der Waals surface area contributed by atoms with Gasteiger partial charge in [-0.2, -0.15) is 0 Å². The second-order valence-electron chi connectivity index (χ2n) is 7.13. The Kier molecular flexibility index (Phi) is 2.89. The average Bonchev–Trinajstić information content (AvgIpc) is 2.72. The third kappa shape index (κ3) is 1.77. The van der Waals surface area contributed by atoms with Crippen LogP contribution in [0.25, 0.3) is 0 Å². The monoisotopic (exact) mass is 273 g/mol. The first kappa shape index (κ1) is 13.5. The maximum absolute atomic E-state index is 12.4. The average molecular weight is 273 g/mol. The van der Waals surface area contributed by atoms with Gasteiger partial charge in [0.25, 0.3) is 5.91 Å². The van der Waals surface area contributed by atoms with Crippen molar-refractivity contribution in [3.63, 3.8) is 0 Å². The van der Waals surface area contributed by atoms with E-state index in [1.54, 1.807) is 19.2 Å². The Morgan fingerprint density at radius 3 is 2.70 bits per heavy atom. The van der Waals surface area contributed by atoms with E-state index in [2.05, 4.69) is 36.1 Å². The number of nitrogens with zero attached hydrogens (tertiary/aromatic N) is 2. The van der Waals surface area contributed by atoms with Gasteiger partial charge in [-0.25, -0.2) is 9.97 Å². The van der Waals surface area contributed by atoms with Gasteiger partial charge in [0.15, 0.2) is 0 Å². The molecule has 2 bridgehead atoms. The van der Waals surface area contributed by atoms with Gasteiger partial charge in [0.1, 0.15) is 11.5 Å². The summed E-state index contributed by atoms with van der Waals surface area (Å²) in [5, 5.41) is 3.22. The predicted molar refractivity (Wildman–Crippen MR) is 77.3 cm³/mol. The van der Waals surface area contributed by atoms with Crippen molar-refractivity contribution in [2.45, 2.75) is 53.0 Å². The minimum absolute atomic E-state index is 0.0647.